The number of ether oxygens (including phenoxy) is 1. The minimum absolute atomic E-state index is 0.00174. The number of hydrogen-bond donors (Lipinski definition) is 3. The van der Waals surface area contributed by atoms with Crippen LogP contribution in [0.2, 0.25) is 0 Å². The van der Waals surface area contributed by atoms with Gasteiger partial charge in [-0.25, -0.2) is 0 Å². The average molecular weight is 999 g/mol. The molecule has 0 aromatic carbocycles. The number of unbranched alkanes of at least 4 members (excludes halogenated alkanes) is 42. The minimum atomic E-state index is -0.663. The smallest absolute Gasteiger partial charge is 0.305 e. The number of allylic oxidation sites excluding steroid dienone is 6. The van der Waals surface area contributed by atoms with Crippen molar-refractivity contribution in [2.24, 2.45) is 0 Å². The van der Waals surface area contributed by atoms with Crippen LogP contribution in [-0.2, 0) is 14.3 Å². The van der Waals surface area contributed by atoms with Gasteiger partial charge < -0.3 is 20.3 Å². The van der Waals surface area contributed by atoms with Gasteiger partial charge in [-0.05, 0) is 83.5 Å². The molecule has 2 atom stereocenters. The number of hydrogen-bond acceptors (Lipinski definition) is 5. The molecule has 0 heterocycles. The summed E-state index contributed by atoms with van der Waals surface area (Å²) in [6.07, 6.45) is 76.0. The quantitative estimate of drug-likeness (QED) is 0.0321. The van der Waals surface area contributed by atoms with Crippen molar-refractivity contribution >= 4 is 11.9 Å². The molecule has 0 spiro atoms. The van der Waals surface area contributed by atoms with Gasteiger partial charge >= 0.3 is 5.97 Å². The fourth-order valence-electron chi connectivity index (χ4n) is 9.78. The third kappa shape index (κ3) is 57.2. The van der Waals surface area contributed by atoms with Crippen LogP contribution in [0.15, 0.2) is 36.5 Å². The first-order chi connectivity index (χ1) is 35.0. The molecule has 0 bridgehead atoms. The van der Waals surface area contributed by atoms with Gasteiger partial charge in [0.2, 0.25) is 5.91 Å². The maximum Gasteiger partial charge on any atom is 0.305 e. The Morgan fingerprint density at radius 2 is 0.704 bits per heavy atom. The lowest BCUT2D eigenvalue weighted by atomic mass is 10.0. The molecule has 0 aliphatic carbocycles. The van der Waals surface area contributed by atoms with Gasteiger partial charge in [0.15, 0.2) is 0 Å². The van der Waals surface area contributed by atoms with Crippen LogP contribution in [-0.4, -0.2) is 47.4 Å². The fraction of sp³-hybridized carbons (Fsp3) is 0.877. The van der Waals surface area contributed by atoms with Crippen molar-refractivity contribution in [2.75, 3.05) is 13.2 Å². The Morgan fingerprint density at radius 3 is 1.11 bits per heavy atom. The van der Waals surface area contributed by atoms with E-state index in [0.29, 0.717) is 25.9 Å². The molecular formula is C65H123NO5. The van der Waals surface area contributed by atoms with Crippen molar-refractivity contribution in [2.45, 2.75) is 353 Å². The van der Waals surface area contributed by atoms with Gasteiger partial charge in [-0.2, -0.15) is 0 Å². The van der Waals surface area contributed by atoms with Gasteiger partial charge in [0.25, 0.3) is 0 Å². The molecule has 0 aromatic rings. The number of nitrogens with one attached hydrogen (secondary N) is 1. The molecule has 0 saturated carbocycles. The van der Waals surface area contributed by atoms with E-state index in [1.165, 1.54) is 257 Å². The summed E-state index contributed by atoms with van der Waals surface area (Å²) in [5, 5.41) is 23.2. The van der Waals surface area contributed by atoms with E-state index >= 15 is 0 Å². The summed E-state index contributed by atoms with van der Waals surface area (Å²) in [5.41, 5.74) is 0. The zero-order valence-electron chi connectivity index (χ0n) is 47.7. The van der Waals surface area contributed by atoms with Gasteiger partial charge in [-0.1, -0.05) is 281 Å². The number of carbonyl (C=O) groups is 2. The Labute approximate surface area is 443 Å². The second-order valence-electron chi connectivity index (χ2n) is 21.7. The van der Waals surface area contributed by atoms with Crippen molar-refractivity contribution in [3.05, 3.63) is 36.5 Å². The number of aliphatic hydroxyl groups excluding tert-OH is 2. The summed E-state index contributed by atoms with van der Waals surface area (Å²) in [6, 6.07) is -0.540. The van der Waals surface area contributed by atoms with E-state index in [-0.39, 0.29) is 18.5 Å². The average Bonchev–Trinajstić information content (AvgIpc) is 3.37. The van der Waals surface area contributed by atoms with E-state index in [9.17, 15) is 19.8 Å². The molecule has 0 aromatic heterocycles. The van der Waals surface area contributed by atoms with Crippen LogP contribution in [0.4, 0.5) is 0 Å². The Hall–Kier alpha value is -1.92. The van der Waals surface area contributed by atoms with Crippen LogP contribution in [0.1, 0.15) is 341 Å². The van der Waals surface area contributed by atoms with E-state index in [1.807, 2.05) is 0 Å². The molecule has 6 nitrogen and oxygen atoms in total. The third-order valence-corrected chi connectivity index (χ3v) is 14.7. The number of rotatable bonds is 59. The molecule has 0 saturated heterocycles. The van der Waals surface area contributed by atoms with Crippen LogP contribution >= 0.6 is 0 Å². The topological polar surface area (TPSA) is 95.9 Å². The Bertz CT molecular complexity index is 1150. The first-order valence-electron chi connectivity index (χ1n) is 31.7. The van der Waals surface area contributed by atoms with Gasteiger partial charge in [0, 0.05) is 12.8 Å². The Morgan fingerprint density at radius 1 is 0.394 bits per heavy atom. The van der Waals surface area contributed by atoms with Crippen LogP contribution in [0.3, 0.4) is 0 Å². The maximum atomic E-state index is 12.4. The highest BCUT2D eigenvalue weighted by Crippen LogP contribution is 2.17. The molecule has 71 heavy (non-hydrogen) atoms. The van der Waals surface area contributed by atoms with Crippen LogP contribution < -0.4 is 5.32 Å². The molecular weight excluding hydrogens is 875 g/mol. The van der Waals surface area contributed by atoms with Crippen molar-refractivity contribution in [1.82, 2.24) is 5.32 Å². The van der Waals surface area contributed by atoms with Crippen LogP contribution in [0, 0.1) is 0 Å². The number of carbonyl (C=O) groups excluding carboxylic acids is 2. The van der Waals surface area contributed by atoms with E-state index in [1.54, 1.807) is 0 Å². The summed E-state index contributed by atoms with van der Waals surface area (Å²) in [5.74, 6) is -0.0335. The second kappa shape index (κ2) is 60.6. The maximum absolute atomic E-state index is 12.4. The second-order valence-corrected chi connectivity index (χ2v) is 21.7. The molecule has 0 aliphatic heterocycles. The van der Waals surface area contributed by atoms with Crippen LogP contribution in [0.25, 0.3) is 0 Å². The molecule has 3 N–H and O–H groups in total. The van der Waals surface area contributed by atoms with Gasteiger partial charge in [-0.3, -0.25) is 9.59 Å². The summed E-state index contributed by atoms with van der Waals surface area (Å²) >= 11 is 0. The highest BCUT2D eigenvalue weighted by molar-refractivity contribution is 5.76. The molecule has 418 valence electrons. The molecule has 0 radical (unpaired) electrons. The standard InChI is InChI=1S/C65H123NO5/c1-3-5-7-9-11-13-15-16-31-35-39-43-47-51-55-59-65(70)71-60-56-52-48-44-40-36-33-30-28-26-24-22-20-18-17-19-21-23-25-27-29-32-34-38-42-46-50-54-58-64(69)66-62(61-67)63(68)57-53-49-45-41-37-14-12-10-8-6-4-2/h11,13,16-18,31,62-63,67-68H,3-10,12,14-15,19-30,32-61H2,1-2H3,(H,66,69)/b13-11-,18-17-,31-16-. The fourth-order valence-corrected chi connectivity index (χ4v) is 9.78. The lowest BCUT2D eigenvalue weighted by molar-refractivity contribution is -0.143. The van der Waals surface area contributed by atoms with Crippen molar-refractivity contribution in [3.8, 4) is 0 Å². The first-order valence-corrected chi connectivity index (χ1v) is 31.7. The monoisotopic (exact) mass is 998 g/mol. The van der Waals surface area contributed by atoms with E-state index in [4.69, 9.17) is 4.74 Å². The number of amides is 1. The molecule has 0 rings (SSSR count). The van der Waals surface area contributed by atoms with Gasteiger partial charge in [0.1, 0.15) is 0 Å². The molecule has 6 heteroatoms. The summed E-state index contributed by atoms with van der Waals surface area (Å²) in [4.78, 5) is 24.5. The zero-order valence-corrected chi connectivity index (χ0v) is 47.7. The van der Waals surface area contributed by atoms with Gasteiger partial charge in [0.05, 0.1) is 25.4 Å². The highest BCUT2D eigenvalue weighted by atomic mass is 16.5. The minimum Gasteiger partial charge on any atom is -0.466 e. The zero-order chi connectivity index (χ0) is 51.4. The predicted molar refractivity (Wildman–Crippen MR) is 310 cm³/mol. The van der Waals surface area contributed by atoms with Crippen LogP contribution in [0.5, 0.6) is 0 Å². The van der Waals surface area contributed by atoms with Gasteiger partial charge in [-0.15, -0.1) is 0 Å². The normalized spacial score (nSPS) is 12.8. The largest absolute Gasteiger partial charge is 0.466 e. The van der Waals surface area contributed by atoms with Crippen molar-refractivity contribution < 1.29 is 24.5 Å². The SMILES string of the molecule is CCCCC/C=C\C/C=C\CCCCCCCC(=O)OCCCCCCCCCCCCCC/C=C\CCCCCCCCCCCCCCC(=O)NC(CO)C(O)CCCCCCCCCCCCC. The molecule has 1 amide bonds. The van der Waals surface area contributed by atoms with E-state index in [2.05, 4.69) is 55.6 Å². The molecule has 0 aliphatic rings. The third-order valence-electron chi connectivity index (χ3n) is 14.7. The lowest BCUT2D eigenvalue weighted by Crippen LogP contribution is -2.45. The first kappa shape index (κ1) is 69.1. The predicted octanol–water partition coefficient (Wildman–Crippen LogP) is 20.0. The number of aliphatic hydroxyl groups is 2. The summed E-state index contributed by atoms with van der Waals surface area (Å²) in [6.45, 7) is 4.92. The summed E-state index contributed by atoms with van der Waals surface area (Å²) < 4.78 is 5.48. The van der Waals surface area contributed by atoms with Crippen molar-refractivity contribution in [3.63, 3.8) is 0 Å². The van der Waals surface area contributed by atoms with E-state index in [0.717, 1.165) is 51.4 Å². The Balaban J connectivity index is 3.36. The molecule has 2 unspecified atom stereocenters. The molecule has 0 fully saturated rings. The highest BCUT2D eigenvalue weighted by Gasteiger charge is 2.20. The van der Waals surface area contributed by atoms with Crippen molar-refractivity contribution in [1.29, 1.82) is 0 Å². The lowest BCUT2D eigenvalue weighted by Gasteiger charge is -2.22. The Kier molecular flexibility index (Phi) is 59.0. The number of esters is 1. The van der Waals surface area contributed by atoms with E-state index < -0.39 is 12.1 Å². The summed E-state index contributed by atoms with van der Waals surface area (Å²) in [7, 11) is 0.